The molecule has 0 radical (unpaired) electrons. The zero-order chi connectivity index (χ0) is 13.6. The van der Waals surface area contributed by atoms with Crippen LogP contribution in [-0.4, -0.2) is 23.0 Å². The topological polar surface area (TPSA) is 82.1 Å². The van der Waals surface area contributed by atoms with Gasteiger partial charge in [0.2, 0.25) is 0 Å². The Hall–Kier alpha value is -1.46. The van der Waals surface area contributed by atoms with Crippen LogP contribution in [0.25, 0.3) is 0 Å². The zero-order valence-electron chi connectivity index (χ0n) is 10.8. The van der Waals surface area contributed by atoms with Crippen molar-refractivity contribution >= 4 is 12.3 Å². The minimum absolute atomic E-state index is 0.204. The first-order valence-corrected chi connectivity index (χ1v) is 6.30. The SMILES string of the molecule is CCC(C)C1(OC(=O)OOC(=O)O)CCCCC1. The van der Waals surface area contributed by atoms with Gasteiger partial charge in [-0.1, -0.05) is 20.3 Å². The molecule has 0 amide bonds. The molecule has 18 heavy (non-hydrogen) atoms. The van der Waals surface area contributed by atoms with Gasteiger partial charge in [0.05, 0.1) is 0 Å². The van der Waals surface area contributed by atoms with Crippen molar-refractivity contribution in [3.05, 3.63) is 0 Å². The number of carbonyl (C=O) groups is 2. The predicted octanol–water partition coefficient (Wildman–Crippen LogP) is 3.50. The van der Waals surface area contributed by atoms with Crippen LogP contribution >= 0.6 is 0 Å². The van der Waals surface area contributed by atoms with E-state index < -0.39 is 17.9 Å². The average Bonchev–Trinajstić information content (AvgIpc) is 2.36. The molecule has 1 rings (SSSR count). The summed E-state index contributed by atoms with van der Waals surface area (Å²) in [5.41, 5.74) is -0.550. The van der Waals surface area contributed by atoms with Crippen LogP contribution in [0.3, 0.4) is 0 Å². The molecule has 0 saturated heterocycles. The van der Waals surface area contributed by atoms with Crippen molar-refractivity contribution in [2.24, 2.45) is 5.92 Å². The van der Waals surface area contributed by atoms with Gasteiger partial charge in [-0.3, -0.25) is 0 Å². The first-order chi connectivity index (χ1) is 8.50. The third-order valence-corrected chi connectivity index (χ3v) is 3.68. The van der Waals surface area contributed by atoms with Crippen molar-refractivity contribution in [1.29, 1.82) is 0 Å². The summed E-state index contributed by atoms with van der Waals surface area (Å²) in [5.74, 6) is 0.204. The predicted molar refractivity (Wildman–Crippen MR) is 61.9 cm³/mol. The number of hydrogen-bond acceptors (Lipinski definition) is 5. The molecule has 0 bridgehead atoms. The Balaban J connectivity index is 2.60. The third-order valence-electron chi connectivity index (χ3n) is 3.68. The van der Waals surface area contributed by atoms with Crippen LogP contribution in [0.1, 0.15) is 52.4 Å². The van der Waals surface area contributed by atoms with Crippen molar-refractivity contribution < 1.29 is 29.2 Å². The van der Waals surface area contributed by atoms with Crippen LogP contribution in [0.15, 0.2) is 0 Å². The molecule has 1 atom stereocenters. The molecular formula is C12H20O6. The van der Waals surface area contributed by atoms with E-state index in [2.05, 4.69) is 9.78 Å². The summed E-state index contributed by atoms with van der Waals surface area (Å²) < 4.78 is 5.33. The van der Waals surface area contributed by atoms with Gasteiger partial charge in [0.25, 0.3) is 0 Å². The van der Waals surface area contributed by atoms with Gasteiger partial charge in [-0.25, -0.2) is 9.68 Å². The number of carboxylic acid groups (broad SMARTS) is 1. The lowest BCUT2D eigenvalue weighted by molar-refractivity contribution is -0.230. The number of ether oxygens (including phenoxy) is 1. The van der Waals surface area contributed by atoms with Crippen LogP contribution in [0.5, 0.6) is 0 Å². The van der Waals surface area contributed by atoms with Crippen LogP contribution in [-0.2, 0) is 14.5 Å². The van der Waals surface area contributed by atoms with E-state index >= 15 is 0 Å². The van der Waals surface area contributed by atoms with Crippen molar-refractivity contribution in [2.45, 2.75) is 58.0 Å². The Kier molecular flexibility index (Phi) is 5.25. The molecule has 0 aromatic rings. The van der Waals surface area contributed by atoms with Gasteiger partial charge in [-0.2, -0.15) is 9.68 Å². The highest BCUT2D eigenvalue weighted by Gasteiger charge is 2.41. The molecule has 1 unspecified atom stereocenters. The Morgan fingerprint density at radius 2 is 1.83 bits per heavy atom. The molecule has 1 fully saturated rings. The molecule has 1 aliphatic rings. The summed E-state index contributed by atoms with van der Waals surface area (Å²) in [7, 11) is 0. The second-order valence-electron chi connectivity index (χ2n) is 4.72. The first kappa shape index (κ1) is 14.6. The monoisotopic (exact) mass is 260 g/mol. The van der Waals surface area contributed by atoms with Gasteiger partial charge in [0.15, 0.2) is 0 Å². The van der Waals surface area contributed by atoms with Crippen molar-refractivity contribution in [1.82, 2.24) is 0 Å². The van der Waals surface area contributed by atoms with Gasteiger partial charge in [-0.15, -0.1) is 0 Å². The summed E-state index contributed by atoms with van der Waals surface area (Å²) in [6.07, 6.45) is 2.81. The van der Waals surface area contributed by atoms with E-state index in [0.29, 0.717) is 0 Å². The maximum atomic E-state index is 11.4. The normalized spacial score (nSPS) is 19.7. The van der Waals surface area contributed by atoms with Crippen LogP contribution in [0.2, 0.25) is 0 Å². The van der Waals surface area contributed by atoms with Crippen LogP contribution < -0.4 is 0 Å². The number of hydrogen-bond donors (Lipinski definition) is 1. The van der Waals surface area contributed by atoms with E-state index in [1.54, 1.807) is 0 Å². The van der Waals surface area contributed by atoms with Gasteiger partial charge in [0.1, 0.15) is 5.60 Å². The molecule has 0 spiro atoms. The number of rotatable bonds is 3. The van der Waals surface area contributed by atoms with E-state index in [1.807, 2.05) is 13.8 Å². The lowest BCUT2D eigenvalue weighted by atomic mass is 9.75. The lowest BCUT2D eigenvalue weighted by Gasteiger charge is -2.40. The summed E-state index contributed by atoms with van der Waals surface area (Å²) in [4.78, 5) is 29.3. The molecule has 0 heterocycles. The van der Waals surface area contributed by atoms with Crippen molar-refractivity contribution in [2.75, 3.05) is 0 Å². The van der Waals surface area contributed by atoms with Gasteiger partial charge < -0.3 is 9.84 Å². The molecule has 0 aromatic heterocycles. The Morgan fingerprint density at radius 1 is 1.22 bits per heavy atom. The maximum Gasteiger partial charge on any atom is 0.550 e. The summed E-state index contributed by atoms with van der Waals surface area (Å²) in [6.45, 7) is 4.06. The molecule has 1 N–H and O–H groups in total. The molecular weight excluding hydrogens is 240 g/mol. The summed E-state index contributed by atoms with van der Waals surface area (Å²) in [6, 6.07) is 0. The van der Waals surface area contributed by atoms with E-state index in [0.717, 1.165) is 38.5 Å². The first-order valence-electron chi connectivity index (χ1n) is 6.30. The summed E-state index contributed by atoms with van der Waals surface area (Å²) in [5, 5.41) is 8.23. The fourth-order valence-corrected chi connectivity index (χ4v) is 2.47. The second kappa shape index (κ2) is 6.47. The molecule has 0 aliphatic heterocycles. The zero-order valence-corrected chi connectivity index (χ0v) is 10.8. The largest absolute Gasteiger partial charge is 0.550 e. The third kappa shape index (κ3) is 3.78. The highest BCUT2D eigenvalue weighted by molar-refractivity contribution is 5.62. The lowest BCUT2D eigenvalue weighted by Crippen LogP contribution is -2.43. The highest BCUT2D eigenvalue weighted by Crippen LogP contribution is 2.39. The second-order valence-corrected chi connectivity index (χ2v) is 4.72. The highest BCUT2D eigenvalue weighted by atomic mass is 17.3. The smallest absolute Gasteiger partial charge is 0.447 e. The Morgan fingerprint density at radius 3 is 2.33 bits per heavy atom. The van der Waals surface area contributed by atoms with E-state index in [4.69, 9.17) is 9.84 Å². The summed E-state index contributed by atoms with van der Waals surface area (Å²) >= 11 is 0. The quantitative estimate of drug-likeness (QED) is 0.475. The minimum atomic E-state index is -1.67. The molecule has 0 aromatic carbocycles. The van der Waals surface area contributed by atoms with Crippen molar-refractivity contribution in [3.63, 3.8) is 0 Å². The Labute approximate surface area is 106 Å². The van der Waals surface area contributed by atoms with Gasteiger partial charge >= 0.3 is 12.3 Å². The van der Waals surface area contributed by atoms with Crippen LogP contribution in [0.4, 0.5) is 9.59 Å². The molecule has 1 saturated carbocycles. The minimum Gasteiger partial charge on any atom is -0.447 e. The van der Waals surface area contributed by atoms with E-state index in [-0.39, 0.29) is 5.92 Å². The van der Waals surface area contributed by atoms with E-state index in [9.17, 15) is 9.59 Å². The van der Waals surface area contributed by atoms with Crippen LogP contribution in [0, 0.1) is 5.92 Å². The number of carbonyl (C=O) groups excluding carboxylic acids is 1. The van der Waals surface area contributed by atoms with E-state index in [1.165, 1.54) is 0 Å². The van der Waals surface area contributed by atoms with Gasteiger partial charge in [-0.05, 0) is 38.0 Å². The van der Waals surface area contributed by atoms with Crippen molar-refractivity contribution in [3.8, 4) is 0 Å². The fourth-order valence-electron chi connectivity index (χ4n) is 2.47. The molecule has 104 valence electrons. The average molecular weight is 260 g/mol. The van der Waals surface area contributed by atoms with Gasteiger partial charge in [0, 0.05) is 0 Å². The fraction of sp³-hybridized carbons (Fsp3) is 0.833. The maximum absolute atomic E-state index is 11.4. The molecule has 1 aliphatic carbocycles. The Bertz CT molecular complexity index is 295. The standard InChI is InChI=1S/C12H20O6/c1-3-9(2)12(7-5-4-6-8-12)16-11(15)18-17-10(13)14/h9H,3-8H2,1-2H3,(H,13,14). The molecule has 6 nitrogen and oxygen atoms in total. The molecule has 6 heteroatoms.